The summed E-state index contributed by atoms with van der Waals surface area (Å²) in [7, 11) is 1.60. The number of para-hydroxylation sites is 1. The Balaban J connectivity index is 1.72. The van der Waals surface area contributed by atoms with Gasteiger partial charge in [-0.15, -0.1) is 0 Å². The Labute approximate surface area is 142 Å². The first-order chi connectivity index (χ1) is 11.8. The van der Waals surface area contributed by atoms with E-state index in [2.05, 4.69) is 0 Å². The number of methoxy groups -OCH3 is 1. The lowest BCUT2D eigenvalue weighted by atomic mass is 9.97. The molecule has 1 unspecified atom stereocenters. The first-order valence-corrected chi connectivity index (χ1v) is 8.09. The van der Waals surface area contributed by atoms with Crippen molar-refractivity contribution in [1.82, 2.24) is 0 Å². The minimum atomic E-state index is -0.168. The van der Waals surface area contributed by atoms with E-state index < -0.39 is 0 Å². The Morgan fingerprint density at radius 1 is 1.04 bits per heavy atom. The summed E-state index contributed by atoms with van der Waals surface area (Å²) in [5.41, 5.74) is 2.79. The molecule has 0 amide bonds. The smallest absolute Gasteiger partial charge is 0.123 e. The van der Waals surface area contributed by atoms with E-state index >= 15 is 0 Å². The van der Waals surface area contributed by atoms with E-state index in [1.54, 1.807) is 7.11 Å². The fraction of sp³-hybridized carbons (Fsp3) is 0.238. The summed E-state index contributed by atoms with van der Waals surface area (Å²) < 4.78 is 25.4. The van der Waals surface area contributed by atoms with Crippen molar-refractivity contribution in [2.24, 2.45) is 0 Å². The predicted molar refractivity (Wildman–Crippen MR) is 93.6 cm³/mol. The van der Waals surface area contributed by atoms with Crippen LogP contribution in [0.15, 0.2) is 78.1 Å². The average molecular weight is 324 g/mol. The van der Waals surface area contributed by atoms with Gasteiger partial charge in [-0.3, -0.25) is 0 Å². The second kappa shape index (κ2) is 7.93. The van der Waals surface area contributed by atoms with Crippen LogP contribution in [-0.4, -0.2) is 13.2 Å². The molecular formula is C21H21FO2. The van der Waals surface area contributed by atoms with Gasteiger partial charge in [0.15, 0.2) is 0 Å². The third kappa shape index (κ3) is 4.12. The molecule has 2 aromatic rings. The third-order valence-electron chi connectivity index (χ3n) is 4.13. The molecule has 0 saturated heterocycles. The molecule has 0 heterocycles. The van der Waals surface area contributed by atoms with Crippen LogP contribution in [0.3, 0.4) is 0 Å². The average Bonchev–Trinajstić information content (AvgIpc) is 2.63. The Morgan fingerprint density at radius 3 is 2.54 bits per heavy atom. The second-order valence-corrected chi connectivity index (χ2v) is 5.83. The van der Waals surface area contributed by atoms with Gasteiger partial charge in [0.1, 0.15) is 18.2 Å². The van der Waals surface area contributed by atoms with Crippen LogP contribution in [0.4, 0.5) is 4.39 Å². The lowest BCUT2D eigenvalue weighted by Crippen LogP contribution is -2.12. The standard InChI is InChI=1S/C21H21FO2/c1-23-19-12-11-17(20(22)14-19)13-18-9-5-6-10-21(18)24-15-16-7-3-2-4-8-16/h2-12,19H,13-15H2,1H3. The molecule has 0 radical (unpaired) electrons. The highest BCUT2D eigenvalue weighted by molar-refractivity contribution is 5.41. The van der Waals surface area contributed by atoms with E-state index in [1.807, 2.05) is 66.7 Å². The minimum absolute atomic E-state index is 0.109. The van der Waals surface area contributed by atoms with Gasteiger partial charge in [-0.1, -0.05) is 60.7 Å². The molecule has 0 fully saturated rings. The zero-order chi connectivity index (χ0) is 16.8. The summed E-state index contributed by atoms with van der Waals surface area (Å²) in [4.78, 5) is 0. The van der Waals surface area contributed by atoms with Gasteiger partial charge in [-0.25, -0.2) is 4.39 Å². The molecule has 0 N–H and O–H groups in total. The van der Waals surface area contributed by atoms with E-state index in [9.17, 15) is 4.39 Å². The van der Waals surface area contributed by atoms with Gasteiger partial charge in [0.2, 0.25) is 0 Å². The largest absolute Gasteiger partial charge is 0.489 e. The Hall–Kier alpha value is -2.39. The number of benzene rings is 2. The monoisotopic (exact) mass is 324 g/mol. The molecule has 0 spiro atoms. The van der Waals surface area contributed by atoms with Crippen molar-refractivity contribution in [1.29, 1.82) is 0 Å². The minimum Gasteiger partial charge on any atom is -0.489 e. The normalized spacial score (nSPS) is 17.2. The van der Waals surface area contributed by atoms with Crippen molar-refractivity contribution >= 4 is 0 Å². The maximum Gasteiger partial charge on any atom is 0.123 e. The van der Waals surface area contributed by atoms with E-state index in [1.165, 1.54) is 0 Å². The Bertz CT molecular complexity index is 735. The van der Waals surface area contributed by atoms with Gasteiger partial charge < -0.3 is 9.47 Å². The van der Waals surface area contributed by atoms with Gasteiger partial charge in [0, 0.05) is 20.0 Å². The SMILES string of the molecule is COC1C=CC(Cc2ccccc2OCc2ccccc2)=C(F)C1. The van der Waals surface area contributed by atoms with E-state index in [-0.39, 0.29) is 11.9 Å². The van der Waals surface area contributed by atoms with Crippen molar-refractivity contribution in [2.45, 2.75) is 25.6 Å². The highest BCUT2D eigenvalue weighted by atomic mass is 19.1. The van der Waals surface area contributed by atoms with Crippen LogP contribution in [0.1, 0.15) is 17.5 Å². The molecule has 24 heavy (non-hydrogen) atoms. The van der Waals surface area contributed by atoms with Crippen LogP contribution in [0.5, 0.6) is 5.75 Å². The quantitative estimate of drug-likeness (QED) is 0.744. The number of hydrogen-bond acceptors (Lipinski definition) is 2. The number of ether oxygens (including phenoxy) is 2. The fourth-order valence-electron chi connectivity index (χ4n) is 2.74. The molecule has 0 aromatic heterocycles. The number of hydrogen-bond donors (Lipinski definition) is 0. The van der Waals surface area contributed by atoms with Gasteiger partial charge in [0.05, 0.1) is 6.10 Å². The number of allylic oxidation sites excluding steroid dienone is 2. The maximum absolute atomic E-state index is 14.3. The molecule has 2 nitrogen and oxygen atoms in total. The first-order valence-electron chi connectivity index (χ1n) is 8.09. The van der Waals surface area contributed by atoms with E-state index in [4.69, 9.17) is 9.47 Å². The lowest BCUT2D eigenvalue weighted by molar-refractivity contribution is 0.134. The molecular weight excluding hydrogens is 303 g/mol. The molecule has 0 aliphatic heterocycles. The third-order valence-corrected chi connectivity index (χ3v) is 4.13. The number of halogens is 1. The van der Waals surface area contributed by atoms with Gasteiger partial charge in [-0.05, 0) is 22.8 Å². The highest BCUT2D eigenvalue weighted by Crippen LogP contribution is 2.28. The molecule has 1 atom stereocenters. The van der Waals surface area contributed by atoms with Crippen LogP contribution >= 0.6 is 0 Å². The van der Waals surface area contributed by atoms with Gasteiger partial charge in [0.25, 0.3) is 0 Å². The van der Waals surface area contributed by atoms with Crippen LogP contribution in [0.25, 0.3) is 0 Å². The molecule has 0 saturated carbocycles. The first kappa shape index (κ1) is 16.5. The van der Waals surface area contributed by atoms with Gasteiger partial charge >= 0.3 is 0 Å². The van der Waals surface area contributed by atoms with Crippen molar-refractivity contribution < 1.29 is 13.9 Å². The molecule has 2 aromatic carbocycles. The fourth-order valence-corrected chi connectivity index (χ4v) is 2.74. The highest BCUT2D eigenvalue weighted by Gasteiger charge is 2.17. The summed E-state index contributed by atoms with van der Waals surface area (Å²) >= 11 is 0. The van der Waals surface area contributed by atoms with Crippen LogP contribution < -0.4 is 4.74 Å². The number of rotatable bonds is 6. The molecule has 124 valence electrons. The Kier molecular flexibility index (Phi) is 5.44. The topological polar surface area (TPSA) is 18.5 Å². The zero-order valence-electron chi connectivity index (χ0n) is 13.7. The Morgan fingerprint density at radius 2 is 1.79 bits per heavy atom. The molecule has 3 heteroatoms. The molecule has 0 bridgehead atoms. The van der Waals surface area contributed by atoms with Crippen molar-refractivity contribution in [3.63, 3.8) is 0 Å². The zero-order valence-corrected chi connectivity index (χ0v) is 13.7. The van der Waals surface area contributed by atoms with Gasteiger partial charge in [-0.2, -0.15) is 0 Å². The van der Waals surface area contributed by atoms with Crippen molar-refractivity contribution in [3.05, 3.63) is 89.3 Å². The van der Waals surface area contributed by atoms with Crippen molar-refractivity contribution in [3.8, 4) is 5.75 Å². The molecule has 3 rings (SSSR count). The summed E-state index contributed by atoms with van der Waals surface area (Å²) in [6.45, 7) is 0.501. The second-order valence-electron chi connectivity index (χ2n) is 5.83. The summed E-state index contributed by atoms with van der Waals surface area (Å²) in [5, 5.41) is 0. The molecule has 1 aliphatic rings. The van der Waals surface area contributed by atoms with Crippen LogP contribution in [0, 0.1) is 0 Å². The summed E-state index contributed by atoms with van der Waals surface area (Å²) in [6, 6.07) is 17.8. The van der Waals surface area contributed by atoms with E-state index in [0.717, 1.165) is 16.9 Å². The van der Waals surface area contributed by atoms with Crippen LogP contribution in [-0.2, 0) is 17.8 Å². The predicted octanol–water partition coefficient (Wildman–Crippen LogP) is 5.01. The van der Waals surface area contributed by atoms with E-state index in [0.29, 0.717) is 25.0 Å². The summed E-state index contributed by atoms with van der Waals surface area (Å²) in [5.74, 6) is 0.686. The summed E-state index contributed by atoms with van der Waals surface area (Å²) in [6.07, 6.45) is 4.38. The molecule has 1 aliphatic carbocycles. The van der Waals surface area contributed by atoms with Crippen molar-refractivity contribution in [2.75, 3.05) is 7.11 Å². The van der Waals surface area contributed by atoms with Crippen LogP contribution in [0.2, 0.25) is 0 Å². The maximum atomic E-state index is 14.3. The lowest BCUT2D eigenvalue weighted by Gasteiger charge is -2.18.